The molecule has 152 valence electrons. The van der Waals surface area contributed by atoms with Gasteiger partial charge < -0.3 is 29.5 Å². The van der Waals surface area contributed by atoms with Gasteiger partial charge in [0.1, 0.15) is 48.4 Å². The van der Waals surface area contributed by atoms with E-state index in [0.29, 0.717) is 23.0 Å². The van der Waals surface area contributed by atoms with Gasteiger partial charge in [-0.1, -0.05) is 0 Å². The Kier molecular flexibility index (Phi) is 13.2. The van der Waals surface area contributed by atoms with Crippen LogP contribution in [-0.4, -0.2) is 53.2 Å². The van der Waals surface area contributed by atoms with Crippen molar-refractivity contribution in [3.05, 3.63) is 48.5 Å². The van der Waals surface area contributed by atoms with E-state index in [1.54, 1.807) is 48.5 Å². The van der Waals surface area contributed by atoms with Gasteiger partial charge in [-0.15, -0.1) is 11.6 Å². The second-order valence-corrected chi connectivity index (χ2v) is 5.62. The second-order valence-electron chi connectivity index (χ2n) is 5.31. The maximum atomic E-state index is 9.36. The van der Waals surface area contributed by atoms with Gasteiger partial charge in [0.15, 0.2) is 0 Å². The Labute approximate surface area is 177 Å². The largest absolute Gasteiger partial charge is 0.491 e. The van der Waals surface area contributed by atoms with Crippen LogP contribution in [0.25, 0.3) is 0 Å². The minimum atomic E-state index is -0.901. The number of aliphatic hydroxyl groups excluding tert-OH is 3. The molecule has 0 radical (unpaired) electrons. The molecule has 0 aliphatic rings. The molecule has 0 bridgehead atoms. The van der Waals surface area contributed by atoms with Crippen LogP contribution in [0.5, 0.6) is 23.0 Å². The van der Waals surface area contributed by atoms with Crippen molar-refractivity contribution in [1.29, 1.82) is 0 Å². The highest BCUT2D eigenvalue weighted by Crippen LogP contribution is 2.25. The van der Waals surface area contributed by atoms with Crippen LogP contribution in [0.15, 0.2) is 48.5 Å². The fourth-order valence-electron chi connectivity index (χ4n) is 1.83. The summed E-state index contributed by atoms with van der Waals surface area (Å²) in [6.07, 6.45) is -1.60. The lowest BCUT2D eigenvalue weighted by atomic mass is 10.3. The van der Waals surface area contributed by atoms with Crippen molar-refractivity contribution in [3.63, 3.8) is 0 Å². The van der Waals surface area contributed by atoms with E-state index < -0.39 is 12.2 Å². The summed E-state index contributed by atoms with van der Waals surface area (Å²) < 4.78 is 16.4. The molecule has 6 nitrogen and oxygen atoms in total. The van der Waals surface area contributed by atoms with Crippen molar-refractivity contribution < 1.29 is 29.5 Å². The molecule has 0 fully saturated rings. The molecule has 0 amide bonds. The van der Waals surface area contributed by atoms with Crippen LogP contribution < -0.4 is 14.2 Å². The minimum Gasteiger partial charge on any atom is -0.491 e. The molecule has 0 spiro atoms. The molecule has 0 aliphatic heterocycles. The molecule has 2 unspecified atom stereocenters. The zero-order chi connectivity index (χ0) is 18.1. The summed E-state index contributed by atoms with van der Waals surface area (Å²) in [5.41, 5.74) is 0. The molecule has 2 rings (SSSR count). The van der Waals surface area contributed by atoms with Crippen molar-refractivity contribution in [2.24, 2.45) is 0 Å². The summed E-state index contributed by atoms with van der Waals surface area (Å²) in [5.74, 6) is 2.57. The van der Waals surface area contributed by atoms with Crippen LogP contribution in [0.3, 0.4) is 0 Å². The number of rotatable bonds is 10. The average Bonchev–Trinajstić information content (AvgIpc) is 2.66. The van der Waals surface area contributed by atoms with Crippen LogP contribution in [0.4, 0.5) is 0 Å². The first-order valence-electron chi connectivity index (χ1n) is 7.77. The third-order valence-corrected chi connectivity index (χ3v) is 3.51. The maximum Gasteiger partial charge on any atom is 0.127 e. The molecule has 0 saturated heterocycles. The van der Waals surface area contributed by atoms with Crippen LogP contribution in [0, 0.1) is 0 Å². The standard InChI is InChI=1S/C18H21ClO6.2H2S/c19-9-13(21)11-23-15-1-5-17(6-2-15)25-18-7-3-16(4-8-18)24-12-14(22)10-20;;/h1-8,13-14,20-22H,9-12H2;2*1H2. The predicted octanol–water partition coefficient (Wildman–Crippen LogP) is 2.42. The number of halogens is 1. The highest BCUT2D eigenvalue weighted by Gasteiger charge is 2.05. The molecule has 9 heteroatoms. The smallest absolute Gasteiger partial charge is 0.127 e. The third-order valence-electron chi connectivity index (χ3n) is 3.16. The Balaban J connectivity index is 0.00000338. The number of aliphatic hydroxyl groups is 3. The molecule has 2 aromatic rings. The predicted molar refractivity (Wildman–Crippen MR) is 115 cm³/mol. The van der Waals surface area contributed by atoms with Crippen LogP contribution in [0.1, 0.15) is 0 Å². The molecule has 27 heavy (non-hydrogen) atoms. The maximum absolute atomic E-state index is 9.36. The number of ether oxygens (including phenoxy) is 3. The fraction of sp³-hybridized carbons (Fsp3) is 0.333. The van der Waals surface area contributed by atoms with E-state index in [-0.39, 0.29) is 52.7 Å². The number of benzene rings is 2. The zero-order valence-electron chi connectivity index (χ0n) is 14.5. The SMILES string of the molecule is OCC(O)COc1ccc(Oc2ccc(OCC(O)CCl)cc2)cc1.S.S. The van der Waals surface area contributed by atoms with Gasteiger partial charge in [0, 0.05) is 0 Å². The highest BCUT2D eigenvalue weighted by atomic mass is 35.5. The number of hydrogen-bond donors (Lipinski definition) is 3. The fourth-order valence-corrected chi connectivity index (χ4v) is 1.92. The van der Waals surface area contributed by atoms with Crippen LogP contribution in [0.2, 0.25) is 0 Å². The molecular formula is C18H25ClO6S2. The first-order chi connectivity index (χ1) is 12.1. The Hall–Kier alpha value is -1.29. The lowest BCUT2D eigenvalue weighted by molar-refractivity contribution is 0.0536. The summed E-state index contributed by atoms with van der Waals surface area (Å²) in [6, 6.07) is 13.9. The Morgan fingerprint density at radius 1 is 0.704 bits per heavy atom. The van der Waals surface area contributed by atoms with Crippen molar-refractivity contribution in [1.82, 2.24) is 0 Å². The lowest BCUT2D eigenvalue weighted by Crippen LogP contribution is -2.21. The van der Waals surface area contributed by atoms with Crippen LogP contribution >= 0.6 is 38.6 Å². The molecule has 0 saturated carbocycles. The Morgan fingerprint density at radius 3 is 1.44 bits per heavy atom. The monoisotopic (exact) mass is 436 g/mol. The highest BCUT2D eigenvalue weighted by molar-refractivity contribution is 7.59. The lowest BCUT2D eigenvalue weighted by Gasteiger charge is -2.12. The Bertz CT molecular complexity index is 571. The van der Waals surface area contributed by atoms with E-state index >= 15 is 0 Å². The third kappa shape index (κ3) is 9.46. The van der Waals surface area contributed by atoms with E-state index in [1.165, 1.54) is 0 Å². The zero-order valence-corrected chi connectivity index (χ0v) is 17.3. The van der Waals surface area contributed by atoms with Crippen molar-refractivity contribution >= 4 is 38.6 Å². The summed E-state index contributed by atoms with van der Waals surface area (Å²) in [4.78, 5) is 0. The van der Waals surface area contributed by atoms with Gasteiger partial charge in [-0.2, -0.15) is 27.0 Å². The molecule has 3 N–H and O–H groups in total. The molecule has 2 atom stereocenters. The van der Waals surface area contributed by atoms with Gasteiger partial charge in [-0.25, -0.2) is 0 Å². The van der Waals surface area contributed by atoms with Gasteiger partial charge in [0.05, 0.1) is 12.5 Å². The van der Waals surface area contributed by atoms with Gasteiger partial charge >= 0.3 is 0 Å². The second kappa shape index (κ2) is 13.8. The number of hydrogen-bond acceptors (Lipinski definition) is 6. The van der Waals surface area contributed by atoms with Gasteiger partial charge in [0.25, 0.3) is 0 Å². The van der Waals surface area contributed by atoms with Crippen LogP contribution in [-0.2, 0) is 0 Å². The molecule has 0 aliphatic carbocycles. The summed E-state index contributed by atoms with van der Waals surface area (Å²) in [6.45, 7) is -0.182. The minimum absolute atomic E-state index is 0. The normalized spacial score (nSPS) is 12.1. The molecule has 0 heterocycles. The van der Waals surface area contributed by atoms with E-state index in [9.17, 15) is 10.2 Å². The van der Waals surface area contributed by atoms with E-state index in [0.717, 1.165) is 0 Å². The molecular weight excluding hydrogens is 412 g/mol. The van der Waals surface area contributed by atoms with Crippen molar-refractivity contribution in [3.8, 4) is 23.0 Å². The van der Waals surface area contributed by atoms with Crippen molar-refractivity contribution in [2.45, 2.75) is 12.2 Å². The summed E-state index contributed by atoms with van der Waals surface area (Å²) in [7, 11) is 0. The quantitative estimate of drug-likeness (QED) is 0.496. The van der Waals surface area contributed by atoms with Gasteiger partial charge in [0.2, 0.25) is 0 Å². The first-order valence-corrected chi connectivity index (χ1v) is 8.30. The van der Waals surface area contributed by atoms with Crippen molar-refractivity contribution in [2.75, 3.05) is 25.7 Å². The molecule has 0 aromatic heterocycles. The van der Waals surface area contributed by atoms with E-state index in [2.05, 4.69) is 0 Å². The number of alkyl halides is 1. The first kappa shape index (κ1) is 25.7. The summed E-state index contributed by atoms with van der Waals surface area (Å²) >= 11 is 5.50. The van der Waals surface area contributed by atoms with Gasteiger partial charge in [-0.05, 0) is 48.5 Å². The molecule has 2 aromatic carbocycles. The Morgan fingerprint density at radius 2 is 1.07 bits per heavy atom. The van der Waals surface area contributed by atoms with E-state index in [4.69, 9.17) is 30.9 Å². The van der Waals surface area contributed by atoms with Gasteiger partial charge in [-0.3, -0.25) is 0 Å². The van der Waals surface area contributed by atoms with E-state index in [1.807, 2.05) is 0 Å². The topological polar surface area (TPSA) is 88.4 Å². The average molecular weight is 437 g/mol. The summed E-state index contributed by atoms with van der Waals surface area (Å²) in [5, 5.41) is 27.3.